The first kappa shape index (κ1) is 15.5. The Balaban J connectivity index is 2.00. The van der Waals surface area contributed by atoms with Crippen molar-refractivity contribution in [3.8, 4) is 0 Å². The fourth-order valence-corrected chi connectivity index (χ4v) is 3.93. The predicted octanol–water partition coefficient (Wildman–Crippen LogP) is 3.18. The molecule has 0 radical (unpaired) electrons. The quantitative estimate of drug-likeness (QED) is 0.810. The average Bonchev–Trinajstić information content (AvgIpc) is 2.70. The van der Waals surface area contributed by atoms with Crippen molar-refractivity contribution >= 4 is 5.97 Å². The number of hydrogen-bond acceptors (Lipinski definition) is 3. The van der Waals surface area contributed by atoms with Crippen LogP contribution in [0, 0.1) is 11.2 Å². The van der Waals surface area contributed by atoms with E-state index in [1.54, 1.807) is 0 Å². The maximum Gasteiger partial charge on any atom is 0.314 e. The number of esters is 1. The summed E-state index contributed by atoms with van der Waals surface area (Å²) in [6.07, 6.45) is 2.69. The Bertz CT molecular complexity index is 585. The van der Waals surface area contributed by atoms with Crippen LogP contribution in [0.15, 0.2) is 18.2 Å². The smallest absolute Gasteiger partial charge is 0.314 e. The van der Waals surface area contributed by atoms with E-state index in [4.69, 9.17) is 4.74 Å². The number of rotatable bonds is 1. The van der Waals surface area contributed by atoms with Gasteiger partial charge in [-0.05, 0) is 81.8 Å². The van der Waals surface area contributed by atoms with Gasteiger partial charge in [0.2, 0.25) is 0 Å². The highest BCUT2D eigenvalue weighted by molar-refractivity contribution is 5.81. The third-order valence-electron chi connectivity index (χ3n) is 4.82. The van der Waals surface area contributed by atoms with Crippen LogP contribution in [-0.4, -0.2) is 24.7 Å². The van der Waals surface area contributed by atoms with Crippen molar-refractivity contribution in [1.82, 2.24) is 5.32 Å². The number of ether oxygens (including phenoxy) is 1. The standard InChI is InChI=1S/C18H24FNO2/c1-17(2,3)22-16(21)15-14-10-13(19)5-4-12(14)11-18(15)6-8-20-9-7-18/h4-5,10,15,20H,6-9,11H2,1-3H3/t15-/m0/s1. The van der Waals surface area contributed by atoms with Gasteiger partial charge in [-0.25, -0.2) is 4.39 Å². The highest BCUT2D eigenvalue weighted by Crippen LogP contribution is 2.53. The van der Waals surface area contributed by atoms with E-state index in [9.17, 15) is 9.18 Å². The molecule has 3 rings (SSSR count). The van der Waals surface area contributed by atoms with Crippen molar-refractivity contribution in [2.24, 2.45) is 5.41 Å². The van der Waals surface area contributed by atoms with Crippen molar-refractivity contribution in [1.29, 1.82) is 0 Å². The molecule has 120 valence electrons. The third kappa shape index (κ3) is 2.76. The van der Waals surface area contributed by atoms with Crippen LogP contribution < -0.4 is 5.32 Å². The van der Waals surface area contributed by atoms with E-state index < -0.39 is 5.60 Å². The number of hydrogen-bond donors (Lipinski definition) is 1. The Morgan fingerprint density at radius 3 is 2.64 bits per heavy atom. The topological polar surface area (TPSA) is 38.3 Å². The summed E-state index contributed by atoms with van der Waals surface area (Å²) < 4.78 is 19.4. The lowest BCUT2D eigenvalue weighted by molar-refractivity contribution is -0.160. The predicted molar refractivity (Wildman–Crippen MR) is 83.2 cm³/mol. The Morgan fingerprint density at radius 1 is 1.32 bits per heavy atom. The SMILES string of the molecule is CC(C)(C)OC(=O)[C@@H]1c2cc(F)ccc2CC12CCNCC2. The van der Waals surface area contributed by atoms with E-state index in [0.717, 1.165) is 43.5 Å². The van der Waals surface area contributed by atoms with E-state index in [0.29, 0.717) is 0 Å². The molecule has 1 atom stereocenters. The Morgan fingerprint density at radius 2 is 2.00 bits per heavy atom. The lowest BCUT2D eigenvalue weighted by Crippen LogP contribution is -2.43. The minimum Gasteiger partial charge on any atom is -0.459 e. The second-order valence-electron chi connectivity index (χ2n) is 7.60. The summed E-state index contributed by atoms with van der Waals surface area (Å²) in [6, 6.07) is 4.85. The molecule has 1 aliphatic carbocycles. The Hall–Kier alpha value is -1.42. The van der Waals surface area contributed by atoms with Crippen molar-refractivity contribution < 1.29 is 13.9 Å². The number of carbonyl (C=O) groups excluding carboxylic acids is 1. The minimum absolute atomic E-state index is 0.121. The molecule has 0 unspecified atom stereocenters. The van der Waals surface area contributed by atoms with Gasteiger partial charge in [0.25, 0.3) is 0 Å². The summed E-state index contributed by atoms with van der Waals surface area (Å²) in [4.78, 5) is 12.8. The van der Waals surface area contributed by atoms with Crippen molar-refractivity contribution in [2.45, 2.75) is 51.6 Å². The summed E-state index contributed by atoms with van der Waals surface area (Å²) in [7, 11) is 0. The maximum atomic E-state index is 13.7. The first-order valence-electron chi connectivity index (χ1n) is 8.03. The molecule has 0 aromatic heterocycles. The van der Waals surface area contributed by atoms with E-state index >= 15 is 0 Å². The molecule has 1 aromatic carbocycles. The molecule has 1 saturated heterocycles. The highest BCUT2D eigenvalue weighted by atomic mass is 19.1. The first-order valence-corrected chi connectivity index (χ1v) is 8.03. The largest absolute Gasteiger partial charge is 0.459 e. The molecule has 1 aromatic rings. The van der Waals surface area contributed by atoms with Gasteiger partial charge in [0, 0.05) is 0 Å². The molecule has 4 heteroatoms. The number of nitrogens with one attached hydrogen (secondary N) is 1. The second-order valence-corrected chi connectivity index (χ2v) is 7.60. The molecular formula is C18H24FNO2. The molecule has 3 nitrogen and oxygen atoms in total. The third-order valence-corrected chi connectivity index (χ3v) is 4.82. The van der Waals surface area contributed by atoms with Gasteiger partial charge < -0.3 is 10.1 Å². The normalized spacial score (nSPS) is 23.4. The van der Waals surface area contributed by atoms with E-state index in [-0.39, 0.29) is 23.1 Å². The van der Waals surface area contributed by atoms with Crippen LogP contribution in [0.5, 0.6) is 0 Å². The van der Waals surface area contributed by atoms with Crippen LogP contribution in [0.25, 0.3) is 0 Å². The van der Waals surface area contributed by atoms with Gasteiger partial charge in [-0.15, -0.1) is 0 Å². The van der Waals surface area contributed by atoms with Gasteiger partial charge in [-0.3, -0.25) is 4.79 Å². The van der Waals surface area contributed by atoms with Gasteiger partial charge in [-0.2, -0.15) is 0 Å². The summed E-state index contributed by atoms with van der Waals surface area (Å²) in [5.41, 5.74) is 1.28. The van der Waals surface area contributed by atoms with Gasteiger partial charge in [0.15, 0.2) is 0 Å². The van der Waals surface area contributed by atoms with Crippen LogP contribution >= 0.6 is 0 Å². The van der Waals surface area contributed by atoms with Crippen LogP contribution in [0.1, 0.15) is 50.7 Å². The Kier molecular flexibility index (Phi) is 3.76. The van der Waals surface area contributed by atoms with E-state index in [2.05, 4.69) is 5.32 Å². The number of carbonyl (C=O) groups is 1. The monoisotopic (exact) mass is 305 g/mol. The highest BCUT2D eigenvalue weighted by Gasteiger charge is 2.51. The summed E-state index contributed by atoms with van der Waals surface area (Å²) in [5, 5.41) is 3.36. The average molecular weight is 305 g/mol. The van der Waals surface area contributed by atoms with Gasteiger partial charge in [0.05, 0.1) is 5.92 Å². The van der Waals surface area contributed by atoms with Crippen LogP contribution in [0.4, 0.5) is 4.39 Å². The molecule has 1 spiro atoms. The number of benzene rings is 1. The zero-order chi connectivity index (χ0) is 16.0. The van der Waals surface area contributed by atoms with E-state index in [1.165, 1.54) is 12.1 Å². The van der Waals surface area contributed by atoms with Crippen molar-refractivity contribution in [2.75, 3.05) is 13.1 Å². The lowest BCUT2D eigenvalue weighted by atomic mass is 9.69. The summed E-state index contributed by atoms with van der Waals surface area (Å²) >= 11 is 0. The van der Waals surface area contributed by atoms with Crippen LogP contribution in [0.2, 0.25) is 0 Å². The number of halogens is 1. The molecular weight excluding hydrogens is 281 g/mol. The fraction of sp³-hybridized carbons (Fsp3) is 0.611. The molecule has 0 amide bonds. The Labute approximate surface area is 131 Å². The van der Waals surface area contributed by atoms with E-state index in [1.807, 2.05) is 26.8 Å². The van der Waals surface area contributed by atoms with Crippen molar-refractivity contribution in [3.63, 3.8) is 0 Å². The summed E-state index contributed by atoms with van der Waals surface area (Å²) in [5.74, 6) is -0.837. The minimum atomic E-state index is -0.527. The number of piperidine rings is 1. The lowest BCUT2D eigenvalue weighted by Gasteiger charge is -2.39. The molecule has 0 bridgehead atoms. The molecule has 1 aliphatic heterocycles. The van der Waals surface area contributed by atoms with Crippen LogP contribution in [0.3, 0.4) is 0 Å². The summed E-state index contributed by atoms with van der Waals surface area (Å²) in [6.45, 7) is 7.43. The van der Waals surface area contributed by atoms with Crippen molar-refractivity contribution in [3.05, 3.63) is 35.1 Å². The van der Waals surface area contributed by atoms with Crippen LogP contribution in [-0.2, 0) is 16.0 Å². The first-order chi connectivity index (χ1) is 10.3. The molecule has 1 fully saturated rings. The molecule has 1 heterocycles. The number of fused-ring (bicyclic) bond motifs is 1. The maximum absolute atomic E-state index is 13.7. The van der Waals surface area contributed by atoms with Gasteiger partial charge in [0.1, 0.15) is 11.4 Å². The molecule has 0 saturated carbocycles. The second kappa shape index (κ2) is 5.34. The fourth-order valence-electron chi connectivity index (χ4n) is 3.93. The molecule has 2 aliphatic rings. The zero-order valence-electron chi connectivity index (χ0n) is 13.5. The van der Waals surface area contributed by atoms with Gasteiger partial charge >= 0.3 is 5.97 Å². The zero-order valence-corrected chi connectivity index (χ0v) is 13.5. The van der Waals surface area contributed by atoms with Gasteiger partial charge in [-0.1, -0.05) is 6.07 Å². The molecule has 1 N–H and O–H groups in total. The molecule has 22 heavy (non-hydrogen) atoms.